The van der Waals surface area contributed by atoms with Crippen molar-refractivity contribution in [1.82, 2.24) is 19.9 Å². The average Bonchev–Trinajstić information content (AvgIpc) is 3.13. The quantitative estimate of drug-likeness (QED) is 0.664. The van der Waals surface area contributed by atoms with Crippen molar-refractivity contribution < 1.29 is 24.0 Å². The molecule has 184 valence electrons. The fourth-order valence-electron chi connectivity index (χ4n) is 3.84. The number of ether oxygens (including phenoxy) is 1. The molecule has 0 bridgehead atoms. The number of anilines is 1. The van der Waals surface area contributed by atoms with E-state index in [-0.39, 0.29) is 42.9 Å². The van der Waals surface area contributed by atoms with Crippen molar-refractivity contribution >= 4 is 23.7 Å². The van der Waals surface area contributed by atoms with Gasteiger partial charge in [-0.3, -0.25) is 4.79 Å². The van der Waals surface area contributed by atoms with E-state index < -0.39 is 6.10 Å². The van der Waals surface area contributed by atoms with E-state index in [9.17, 15) is 14.7 Å². The van der Waals surface area contributed by atoms with Gasteiger partial charge in [0.05, 0.1) is 19.2 Å². The van der Waals surface area contributed by atoms with E-state index >= 15 is 0 Å². The molecule has 3 rings (SSSR count). The van der Waals surface area contributed by atoms with E-state index in [1.807, 2.05) is 26.0 Å². The fourth-order valence-corrected chi connectivity index (χ4v) is 3.84. The van der Waals surface area contributed by atoms with Crippen molar-refractivity contribution in [2.24, 2.45) is 5.92 Å². The number of hydrogen-bond acceptors (Lipinski definition) is 7. The largest absolute Gasteiger partial charge is 0.472 e. The van der Waals surface area contributed by atoms with Gasteiger partial charge in [0.25, 0.3) is 5.91 Å². The number of likely N-dealkylation sites (N-methyl/N-ethyl adjacent to an activating group) is 1. The van der Waals surface area contributed by atoms with Crippen LogP contribution in [0.15, 0.2) is 22.9 Å². The van der Waals surface area contributed by atoms with Crippen molar-refractivity contribution in [3.63, 3.8) is 0 Å². The van der Waals surface area contributed by atoms with Gasteiger partial charge in [0.2, 0.25) is 5.88 Å². The lowest BCUT2D eigenvalue weighted by atomic mass is 10.00. The summed E-state index contributed by atoms with van der Waals surface area (Å²) in [6.45, 7) is 9.57. The summed E-state index contributed by atoms with van der Waals surface area (Å²) in [5, 5.41) is 16.5. The summed E-state index contributed by atoms with van der Waals surface area (Å²) in [5.41, 5.74) is 2.24. The Morgan fingerprint density at radius 2 is 2.18 bits per heavy atom. The van der Waals surface area contributed by atoms with Crippen molar-refractivity contribution in [2.45, 2.75) is 46.8 Å². The Labute approximate surface area is 199 Å². The van der Waals surface area contributed by atoms with Gasteiger partial charge in [-0.15, -0.1) is 0 Å². The zero-order valence-electron chi connectivity index (χ0n) is 20.5. The van der Waals surface area contributed by atoms with E-state index in [0.717, 1.165) is 5.56 Å². The van der Waals surface area contributed by atoms with Gasteiger partial charge in [-0.1, -0.05) is 24.2 Å². The molecule has 2 aromatic heterocycles. The van der Waals surface area contributed by atoms with Crippen molar-refractivity contribution in [1.29, 1.82) is 0 Å². The number of pyridine rings is 1. The van der Waals surface area contributed by atoms with Crippen molar-refractivity contribution in [3.05, 3.63) is 40.9 Å². The number of aliphatic hydroxyl groups is 1. The Bertz CT molecular complexity index is 1050. The first kappa shape index (κ1) is 25.2. The highest BCUT2D eigenvalue weighted by molar-refractivity contribution is 5.97. The second-order valence-corrected chi connectivity index (χ2v) is 8.75. The van der Waals surface area contributed by atoms with Crippen LogP contribution in [0.4, 0.5) is 10.5 Å². The zero-order valence-corrected chi connectivity index (χ0v) is 20.5. The average molecular weight is 472 g/mol. The maximum Gasteiger partial charge on any atom is 0.321 e. The standard InChI is InChI=1S/C24H33N5O5/c1-7-8-18-9-19-22(25-10-18)33-20(14(2)11-29(23(19)31)15(3)13-30)12-28(6)24(32)26-21-16(4)27-34-17(21)5/h7-10,14-15,20,30H,11-13H2,1-6H3,(H,26,32)/b8-7+/t14-,15-,20+/m1/s1. The maximum atomic E-state index is 13.4. The van der Waals surface area contributed by atoms with Crippen molar-refractivity contribution in [2.75, 3.05) is 32.1 Å². The van der Waals surface area contributed by atoms with E-state index in [1.54, 1.807) is 45.0 Å². The topological polar surface area (TPSA) is 121 Å². The van der Waals surface area contributed by atoms with Crippen LogP contribution in [-0.4, -0.2) is 75.9 Å². The normalized spacial score (nSPS) is 19.3. The number of allylic oxidation sites excluding steroid dienone is 1. The first-order valence-electron chi connectivity index (χ1n) is 11.3. The van der Waals surface area contributed by atoms with Crippen LogP contribution < -0.4 is 10.1 Å². The predicted molar refractivity (Wildman–Crippen MR) is 128 cm³/mol. The third-order valence-electron chi connectivity index (χ3n) is 5.97. The van der Waals surface area contributed by atoms with Crippen LogP contribution in [0.5, 0.6) is 5.88 Å². The summed E-state index contributed by atoms with van der Waals surface area (Å²) in [4.78, 5) is 33.8. The molecule has 3 amide bonds. The third kappa shape index (κ3) is 5.39. The molecule has 0 saturated carbocycles. The van der Waals surface area contributed by atoms with Gasteiger partial charge >= 0.3 is 6.03 Å². The summed E-state index contributed by atoms with van der Waals surface area (Å²) < 4.78 is 11.3. The molecule has 10 nitrogen and oxygen atoms in total. The van der Waals surface area contributed by atoms with Crippen LogP contribution in [0.3, 0.4) is 0 Å². The molecular weight excluding hydrogens is 438 g/mol. The first-order chi connectivity index (χ1) is 16.2. The van der Waals surface area contributed by atoms with E-state index in [1.165, 1.54) is 4.90 Å². The number of fused-ring (bicyclic) bond motifs is 1. The predicted octanol–water partition coefficient (Wildman–Crippen LogP) is 3.10. The van der Waals surface area contributed by atoms with Crippen LogP contribution >= 0.6 is 0 Å². The molecule has 3 atom stereocenters. The van der Waals surface area contributed by atoms with E-state index in [4.69, 9.17) is 9.26 Å². The monoisotopic (exact) mass is 471 g/mol. The fraction of sp³-hybridized carbons (Fsp3) is 0.500. The van der Waals surface area contributed by atoms with Gasteiger partial charge in [0.1, 0.15) is 23.0 Å². The maximum absolute atomic E-state index is 13.4. The molecule has 34 heavy (non-hydrogen) atoms. The van der Waals surface area contributed by atoms with Gasteiger partial charge in [0.15, 0.2) is 5.76 Å². The lowest BCUT2D eigenvalue weighted by molar-refractivity contribution is 0.0356. The SMILES string of the molecule is C/C=C/c1cnc2c(c1)C(=O)N([C@H](C)CO)C[C@@H](C)[C@H](CN(C)C(=O)Nc1c(C)noc1C)O2. The minimum atomic E-state index is -0.444. The van der Waals surface area contributed by atoms with Crippen LogP contribution in [0, 0.1) is 19.8 Å². The first-order valence-corrected chi connectivity index (χ1v) is 11.3. The number of nitrogens with one attached hydrogen (secondary N) is 1. The van der Waals surface area contributed by atoms with Gasteiger partial charge in [0, 0.05) is 25.7 Å². The van der Waals surface area contributed by atoms with Gasteiger partial charge in [-0.25, -0.2) is 9.78 Å². The third-order valence-corrected chi connectivity index (χ3v) is 5.97. The number of aliphatic hydroxyl groups excluding tert-OH is 1. The Balaban J connectivity index is 1.88. The molecule has 0 saturated heterocycles. The van der Waals surface area contributed by atoms with Crippen LogP contribution in [0.25, 0.3) is 6.08 Å². The smallest absolute Gasteiger partial charge is 0.321 e. The molecule has 0 aliphatic carbocycles. The molecule has 0 radical (unpaired) electrons. The highest BCUT2D eigenvalue weighted by Gasteiger charge is 2.34. The van der Waals surface area contributed by atoms with Crippen molar-refractivity contribution in [3.8, 4) is 5.88 Å². The second-order valence-electron chi connectivity index (χ2n) is 8.75. The molecule has 10 heteroatoms. The summed E-state index contributed by atoms with van der Waals surface area (Å²) >= 11 is 0. The minimum absolute atomic E-state index is 0.141. The Hall–Kier alpha value is -3.40. The number of amides is 3. The number of aromatic nitrogens is 2. The molecule has 0 aromatic carbocycles. The second kappa shape index (κ2) is 10.7. The molecule has 0 spiro atoms. The molecule has 2 aromatic rings. The Morgan fingerprint density at radius 3 is 2.79 bits per heavy atom. The number of hydrogen-bond donors (Lipinski definition) is 2. The highest BCUT2D eigenvalue weighted by atomic mass is 16.5. The summed E-state index contributed by atoms with van der Waals surface area (Å²) in [5.74, 6) is 0.351. The van der Waals surface area contributed by atoms with Crippen LogP contribution in [-0.2, 0) is 0 Å². The minimum Gasteiger partial charge on any atom is -0.472 e. The van der Waals surface area contributed by atoms with Crippen LogP contribution in [0.2, 0.25) is 0 Å². The zero-order chi connectivity index (χ0) is 25.0. The molecule has 2 N–H and O–H groups in total. The summed E-state index contributed by atoms with van der Waals surface area (Å²) in [6, 6.07) is 1.02. The number of aryl methyl sites for hydroxylation is 2. The van der Waals surface area contributed by atoms with E-state index in [0.29, 0.717) is 29.2 Å². The Kier molecular flexibility index (Phi) is 7.93. The number of nitrogens with zero attached hydrogens (tertiary/aromatic N) is 4. The molecule has 3 heterocycles. The number of urea groups is 1. The number of rotatable bonds is 6. The Morgan fingerprint density at radius 1 is 1.44 bits per heavy atom. The molecule has 1 aliphatic rings. The lowest BCUT2D eigenvalue weighted by Gasteiger charge is -2.37. The van der Waals surface area contributed by atoms with Gasteiger partial charge in [-0.2, -0.15) is 0 Å². The molecule has 0 fully saturated rings. The summed E-state index contributed by atoms with van der Waals surface area (Å²) in [7, 11) is 1.67. The molecule has 0 unspecified atom stereocenters. The van der Waals surface area contributed by atoms with Crippen LogP contribution in [0.1, 0.15) is 48.1 Å². The van der Waals surface area contributed by atoms with Gasteiger partial charge < -0.3 is 29.5 Å². The van der Waals surface area contributed by atoms with E-state index in [2.05, 4.69) is 15.5 Å². The molecular formula is C24H33N5O5. The number of carbonyl (C=O) groups excluding carboxylic acids is 2. The highest BCUT2D eigenvalue weighted by Crippen LogP contribution is 2.28. The van der Waals surface area contributed by atoms with Gasteiger partial charge in [-0.05, 0) is 39.3 Å². The molecule has 1 aliphatic heterocycles. The summed E-state index contributed by atoms with van der Waals surface area (Å²) in [6.07, 6.45) is 4.92. The lowest BCUT2D eigenvalue weighted by Crippen LogP contribution is -2.50. The number of carbonyl (C=O) groups is 2.